The van der Waals surface area contributed by atoms with Gasteiger partial charge >= 0.3 is 0 Å². The van der Waals surface area contributed by atoms with Crippen molar-refractivity contribution in [1.29, 1.82) is 0 Å². The summed E-state index contributed by atoms with van der Waals surface area (Å²) in [6.45, 7) is 4.24. The topological polar surface area (TPSA) is 21.7 Å². The van der Waals surface area contributed by atoms with Crippen LogP contribution in [0.2, 0.25) is 0 Å². The fourth-order valence-electron chi connectivity index (χ4n) is 5.70. The lowest BCUT2D eigenvalue weighted by Gasteiger charge is -2.23. The third kappa shape index (κ3) is 8.27. The molecule has 0 amide bonds. The Morgan fingerprint density at radius 2 is 0.898 bits per heavy atom. The zero-order valence-corrected chi connectivity index (χ0v) is 28.5. The van der Waals surface area contributed by atoms with E-state index in [0.717, 1.165) is 45.1 Å². The van der Waals surface area contributed by atoms with E-state index in [9.17, 15) is 0 Å². The Balaban J connectivity index is 1.36. The average molecular weight is 640 g/mol. The molecule has 3 heteroatoms. The van der Waals surface area contributed by atoms with E-state index in [0.29, 0.717) is 0 Å². The van der Waals surface area contributed by atoms with Crippen molar-refractivity contribution >= 4 is 28.6 Å². The van der Waals surface area contributed by atoms with E-state index in [1.54, 1.807) is 14.2 Å². The van der Waals surface area contributed by atoms with Crippen LogP contribution in [0.25, 0.3) is 17.2 Å². The van der Waals surface area contributed by atoms with Crippen LogP contribution >= 0.6 is 0 Å². The van der Waals surface area contributed by atoms with Gasteiger partial charge in [0.1, 0.15) is 11.5 Å². The largest absolute Gasteiger partial charge is 0.497 e. The molecule has 0 spiro atoms. The number of para-hydroxylation sites is 1. The predicted octanol–water partition coefficient (Wildman–Crippen LogP) is 11.7. The highest BCUT2D eigenvalue weighted by Crippen LogP contribution is 2.33. The summed E-state index contributed by atoms with van der Waals surface area (Å²) in [5.41, 5.74) is 12.6. The van der Waals surface area contributed by atoms with Gasteiger partial charge in [-0.25, -0.2) is 0 Å². The second-order valence-electron chi connectivity index (χ2n) is 12.0. The van der Waals surface area contributed by atoms with Crippen LogP contribution < -0.4 is 14.4 Å². The Bertz CT molecular complexity index is 1940. The minimum atomic E-state index is 0.820. The van der Waals surface area contributed by atoms with Crippen LogP contribution in [-0.2, 0) is 0 Å². The lowest BCUT2D eigenvalue weighted by Crippen LogP contribution is -2.10. The van der Waals surface area contributed by atoms with Crippen molar-refractivity contribution in [2.75, 3.05) is 19.1 Å². The molecule has 6 aromatic rings. The van der Waals surface area contributed by atoms with Gasteiger partial charge in [-0.05, 0) is 95.8 Å². The molecular weight excluding hydrogens is 599 g/mol. The van der Waals surface area contributed by atoms with E-state index in [4.69, 9.17) is 9.47 Å². The number of benzene rings is 6. The molecule has 0 aliphatic carbocycles. The zero-order chi connectivity index (χ0) is 34.0. The minimum absolute atomic E-state index is 0.820. The zero-order valence-electron chi connectivity index (χ0n) is 28.5. The van der Waals surface area contributed by atoms with E-state index in [1.165, 1.54) is 27.8 Å². The standard InChI is InChI=1S/C46H41NO2/c1-34-13-19-37(20-14-34)45(38-21-15-35(2)16-22-38)12-8-9-36-17-27-42(28-18-36)47(41-10-6-5-7-11-41)33-46(39-23-29-43(48-3)30-24-39)40-25-31-44(49-4)32-26-40/h5-33H,1-4H3. The van der Waals surface area contributed by atoms with Crippen LogP contribution in [0.5, 0.6) is 11.5 Å². The maximum atomic E-state index is 5.45. The van der Waals surface area contributed by atoms with E-state index in [-0.39, 0.29) is 0 Å². The summed E-state index contributed by atoms with van der Waals surface area (Å²) in [6.07, 6.45) is 8.72. The third-order valence-electron chi connectivity index (χ3n) is 8.54. The molecule has 0 aliphatic heterocycles. The van der Waals surface area contributed by atoms with Gasteiger partial charge in [0.2, 0.25) is 0 Å². The summed E-state index contributed by atoms with van der Waals surface area (Å²) in [5, 5.41) is 0. The number of hydrogen-bond acceptors (Lipinski definition) is 3. The highest BCUT2D eigenvalue weighted by Gasteiger charge is 2.13. The summed E-state index contributed by atoms with van der Waals surface area (Å²) in [6, 6.07) is 53.0. The molecule has 0 atom stereocenters. The van der Waals surface area contributed by atoms with Crippen molar-refractivity contribution in [1.82, 2.24) is 0 Å². The van der Waals surface area contributed by atoms with Gasteiger partial charge < -0.3 is 14.4 Å². The van der Waals surface area contributed by atoms with Gasteiger partial charge in [-0.15, -0.1) is 0 Å². The van der Waals surface area contributed by atoms with Crippen molar-refractivity contribution in [3.8, 4) is 11.5 Å². The second-order valence-corrected chi connectivity index (χ2v) is 12.0. The normalized spacial score (nSPS) is 10.8. The Morgan fingerprint density at radius 1 is 0.469 bits per heavy atom. The SMILES string of the molecule is COc1ccc(C(=CN(c2ccccc2)c2ccc(C=CC=C(c3ccc(C)cc3)c3ccc(C)cc3)cc2)c2ccc(OC)cc2)cc1. The van der Waals surface area contributed by atoms with Crippen LogP contribution in [0.15, 0.2) is 170 Å². The number of allylic oxidation sites excluding steroid dienone is 2. The first-order valence-electron chi connectivity index (χ1n) is 16.5. The molecule has 0 fully saturated rings. The van der Waals surface area contributed by atoms with E-state index in [2.05, 4.69) is 165 Å². The molecule has 0 heterocycles. The molecule has 0 N–H and O–H groups in total. The Labute approximate surface area is 290 Å². The second kappa shape index (κ2) is 15.7. The van der Waals surface area contributed by atoms with Crippen LogP contribution in [0.1, 0.15) is 38.9 Å². The summed E-state index contributed by atoms with van der Waals surface area (Å²) in [4.78, 5) is 2.24. The molecule has 0 radical (unpaired) electrons. The van der Waals surface area contributed by atoms with Gasteiger partial charge in [-0.3, -0.25) is 0 Å². The summed E-state index contributed by atoms with van der Waals surface area (Å²) in [5.74, 6) is 1.64. The molecular formula is C46H41NO2. The average Bonchev–Trinajstić information content (AvgIpc) is 3.16. The van der Waals surface area contributed by atoms with Crippen molar-refractivity contribution in [3.63, 3.8) is 0 Å². The molecule has 0 saturated carbocycles. The molecule has 6 aromatic carbocycles. The molecule has 49 heavy (non-hydrogen) atoms. The molecule has 0 aromatic heterocycles. The molecule has 0 aliphatic rings. The monoisotopic (exact) mass is 639 g/mol. The van der Waals surface area contributed by atoms with Crippen molar-refractivity contribution in [2.45, 2.75) is 13.8 Å². The summed E-state index contributed by atoms with van der Waals surface area (Å²) >= 11 is 0. The first kappa shape index (κ1) is 32.9. The molecule has 3 nitrogen and oxygen atoms in total. The number of anilines is 2. The highest BCUT2D eigenvalue weighted by atomic mass is 16.5. The van der Waals surface area contributed by atoms with Crippen LogP contribution in [-0.4, -0.2) is 14.2 Å². The predicted molar refractivity (Wildman–Crippen MR) is 207 cm³/mol. The van der Waals surface area contributed by atoms with Gasteiger partial charge in [0.25, 0.3) is 0 Å². The van der Waals surface area contributed by atoms with Crippen molar-refractivity contribution in [2.24, 2.45) is 0 Å². The number of hydrogen-bond donors (Lipinski definition) is 0. The molecule has 0 saturated heterocycles. The van der Waals surface area contributed by atoms with Gasteiger partial charge in [0.15, 0.2) is 0 Å². The highest BCUT2D eigenvalue weighted by molar-refractivity contribution is 5.85. The summed E-state index contributed by atoms with van der Waals surface area (Å²) in [7, 11) is 3.38. The lowest BCUT2D eigenvalue weighted by atomic mass is 9.96. The van der Waals surface area contributed by atoms with Gasteiger partial charge in [-0.1, -0.05) is 132 Å². The van der Waals surface area contributed by atoms with Crippen molar-refractivity contribution in [3.05, 3.63) is 209 Å². The van der Waals surface area contributed by atoms with Crippen molar-refractivity contribution < 1.29 is 9.47 Å². The molecule has 0 bridgehead atoms. The van der Waals surface area contributed by atoms with Crippen LogP contribution in [0, 0.1) is 13.8 Å². The minimum Gasteiger partial charge on any atom is -0.497 e. The van der Waals surface area contributed by atoms with Gasteiger partial charge in [-0.2, -0.15) is 0 Å². The van der Waals surface area contributed by atoms with Gasteiger partial charge in [0.05, 0.1) is 14.2 Å². The number of nitrogens with zero attached hydrogens (tertiary/aromatic N) is 1. The first-order valence-corrected chi connectivity index (χ1v) is 16.5. The van der Waals surface area contributed by atoms with E-state index < -0.39 is 0 Å². The number of ether oxygens (including phenoxy) is 2. The number of methoxy groups -OCH3 is 2. The Kier molecular flexibility index (Phi) is 10.5. The summed E-state index contributed by atoms with van der Waals surface area (Å²) < 4.78 is 10.9. The molecule has 0 unspecified atom stereocenters. The number of rotatable bonds is 11. The van der Waals surface area contributed by atoms with Gasteiger partial charge in [0, 0.05) is 23.1 Å². The van der Waals surface area contributed by atoms with E-state index >= 15 is 0 Å². The smallest absolute Gasteiger partial charge is 0.118 e. The third-order valence-corrected chi connectivity index (χ3v) is 8.54. The first-order chi connectivity index (χ1) is 24.0. The van der Waals surface area contributed by atoms with Crippen LogP contribution in [0.4, 0.5) is 11.4 Å². The van der Waals surface area contributed by atoms with Crippen LogP contribution in [0.3, 0.4) is 0 Å². The molecule has 242 valence electrons. The lowest BCUT2D eigenvalue weighted by molar-refractivity contribution is 0.414. The maximum absolute atomic E-state index is 5.45. The fraction of sp³-hybridized carbons (Fsp3) is 0.0870. The van der Waals surface area contributed by atoms with E-state index in [1.807, 2.05) is 30.3 Å². The Hall–Kier alpha value is -6.06. The quantitative estimate of drug-likeness (QED) is 0.132. The fourth-order valence-corrected chi connectivity index (χ4v) is 5.70. The maximum Gasteiger partial charge on any atom is 0.118 e. The number of aryl methyl sites for hydroxylation is 2. The Morgan fingerprint density at radius 3 is 1.37 bits per heavy atom. The molecule has 6 rings (SSSR count).